The Morgan fingerprint density at radius 2 is 2.32 bits per heavy atom. The van der Waals surface area contributed by atoms with Gasteiger partial charge in [0.05, 0.1) is 0 Å². The van der Waals surface area contributed by atoms with E-state index in [9.17, 15) is 0 Å². The molecule has 2 rings (SSSR count). The highest BCUT2D eigenvalue weighted by molar-refractivity contribution is 9.10. The van der Waals surface area contributed by atoms with Crippen LogP contribution >= 0.6 is 27.3 Å². The normalized spacial score (nSPS) is 12.5. The summed E-state index contributed by atoms with van der Waals surface area (Å²) in [6.07, 6.45) is 8.43. The number of aromatic nitrogens is 1. The standard InChI is InChI=1S/C15H19BrN2S/c1-17-14(4-2-5-15-6-3-7-19-15)9-12-8-13(16)11-18-10-12/h3,6-8,10-11,14,17H,2,4-5,9H2,1H3. The highest BCUT2D eigenvalue weighted by Crippen LogP contribution is 2.15. The van der Waals surface area contributed by atoms with Gasteiger partial charge in [-0.25, -0.2) is 0 Å². The number of hydrogen-bond donors (Lipinski definition) is 1. The van der Waals surface area contributed by atoms with Crippen molar-refractivity contribution in [2.75, 3.05) is 7.05 Å². The molecule has 0 bridgehead atoms. The third-order valence-corrected chi connectivity index (χ3v) is 4.58. The molecule has 0 aliphatic rings. The summed E-state index contributed by atoms with van der Waals surface area (Å²) in [5.74, 6) is 0. The predicted octanol–water partition coefficient (Wildman–Crippen LogP) is 4.06. The molecule has 2 nitrogen and oxygen atoms in total. The van der Waals surface area contributed by atoms with Gasteiger partial charge in [-0.2, -0.15) is 0 Å². The van der Waals surface area contributed by atoms with Gasteiger partial charge in [0.15, 0.2) is 0 Å². The number of aryl methyl sites for hydroxylation is 1. The first-order chi connectivity index (χ1) is 9.28. The number of hydrogen-bond acceptors (Lipinski definition) is 3. The van der Waals surface area contributed by atoms with E-state index in [0.717, 1.165) is 10.9 Å². The molecule has 0 spiro atoms. The molecule has 19 heavy (non-hydrogen) atoms. The first kappa shape index (κ1) is 14.7. The fraction of sp³-hybridized carbons (Fsp3) is 0.400. The van der Waals surface area contributed by atoms with Crippen LogP contribution in [-0.2, 0) is 12.8 Å². The summed E-state index contributed by atoms with van der Waals surface area (Å²) in [7, 11) is 2.04. The third-order valence-electron chi connectivity index (χ3n) is 3.21. The van der Waals surface area contributed by atoms with Crippen molar-refractivity contribution in [1.82, 2.24) is 10.3 Å². The Kier molecular flexibility index (Phi) is 6.01. The zero-order chi connectivity index (χ0) is 13.5. The van der Waals surface area contributed by atoms with Crippen LogP contribution < -0.4 is 5.32 Å². The maximum atomic E-state index is 4.22. The van der Waals surface area contributed by atoms with E-state index in [4.69, 9.17) is 0 Å². The van der Waals surface area contributed by atoms with Crippen molar-refractivity contribution in [2.24, 2.45) is 0 Å². The molecular weight excluding hydrogens is 320 g/mol. The molecule has 0 aliphatic carbocycles. The topological polar surface area (TPSA) is 24.9 Å². The Labute approximate surface area is 127 Å². The van der Waals surface area contributed by atoms with Gasteiger partial charge in [0.1, 0.15) is 0 Å². The molecular formula is C15H19BrN2S. The van der Waals surface area contributed by atoms with Crippen LogP contribution in [0.15, 0.2) is 40.4 Å². The Morgan fingerprint density at radius 3 is 3.00 bits per heavy atom. The van der Waals surface area contributed by atoms with Crippen molar-refractivity contribution in [3.63, 3.8) is 0 Å². The largest absolute Gasteiger partial charge is 0.317 e. The molecule has 1 N–H and O–H groups in total. The van der Waals surface area contributed by atoms with Crippen LogP contribution in [-0.4, -0.2) is 18.1 Å². The molecule has 0 aliphatic heterocycles. The van der Waals surface area contributed by atoms with E-state index in [1.165, 1.54) is 29.7 Å². The van der Waals surface area contributed by atoms with Crippen LogP contribution in [0.1, 0.15) is 23.3 Å². The average molecular weight is 339 g/mol. The summed E-state index contributed by atoms with van der Waals surface area (Å²) < 4.78 is 1.05. The van der Waals surface area contributed by atoms with Gasteiger partial charge in [-0.3, -0.25) is 4.98 Å². The van der Waals surface area contributed by atoms with Gasteiger partial charge in [0.2, 0.25) is 0 Å². The second kappa shape index (κ2) is 7.78. The lowest BCUT2D eigenvalue weighted by Gasteiger charge is -2.15. The van der Waals surface area contributed by atoms with Crippen LogP contribution in [0.5, 0.6) is 0 Å². The summed E-state index contributed by atoms with van der Waals surface area (Å²) in [5.41, 5.74) is 1.28. The second-order valence-corrected chi connectivity index (χ2v) is 6.62. The van der Waals surface area contributed by atoms with Crippen molar-refractivity contribution < 1.29 is 0 Å². The quantitative estimate of drug-likeness (QED) is 0.823. The summed E-state index contributed by atoms with van der Waals surface area (Å²) in [6.45, 7) is 0. The SMILES string of the molecule is CNC(CCCc1cccs1)Cc1cncc(Br)c1. The average Bonchev–Trinajstić information content (AvgIpc) is 2.91. The Hall–Kier alpha value is -0.710. The molecule has 0 amide bonds. The molecule has 0 radical (unpaired) electrons. The molecule has 1 atom stereocenters. The first-order valence-corrected chi connectivity index (χ1v) is 8.24. The van der Waals surface area contributed by atoms with E-state index in [-0.39, 0.29) is 0 Å². The first-order valence-electron chi connectivity index (χ1n) is 6.57. The zero-order valence-corrected chi connectivity index (χ0v) is 13.5. The molecule has 2 heterocycles. The number of halogens is 1. The number of nitrogens with zero attached hydrogens (tertiary/aromatic N) is 1. The maximum Gasteiger partial charge on any atom is 0.0410 e. The molecule has 0 saturated heterocycles. The molecule has 2 aromatic heterocycles. The number of likely N-dealkylation sites (N-methyl/N-ethyl adjacent to an activating group) is 1. The highest BCUT2D eigenvalue weighted by Gasteiger charge is 2.08. The molecule has 0 fully saturated rings. The summed E-state index contributed by atoms with van der Waals surface area (Å²) in [4.78, 5) is 5.70. The van der Waals surface area contributed by atoms with Gasteiger partial charge in [-0.1, -0.05) is 6.07 Å². The van der Waals surface area contributed by atoms with Crippen molar-refractivity contribution in [3.8, 4) is 0 Å². The smallest absolute Gasteiger partial charge is 0.0410 e. The van der Waals surface area contributed by atoms with Crippen LogP contribution in [0, 0.1) is 0 Å². The fourth-order valence-corrected chi connectivity index (χ4v) is 3.34. The number of pyridine rings is 1. The minimum absolute atomic E-state index is 0.524. The van der Waals surface area contributed by atoms with E-state index in [0.29, 0.717) is 6.04 Å². The van der Waals surface area contributed by atoms with Crippen molar-refractivity contribution >= 4 is 27.3 Å². The molecule has 0 aromatic carbocycles. The van der Waals surface area contributed by atoms with Crippen LogP contribution in [0.25, 0.3) is 0 Å². The minimum atomic E-state index is 0.524. The second-order valence-electron chi connectivity index (χ2n) is 4.67. The lowest BCUT2D eigenvalue weighted by Crippen LogP contribution is -2.27. The third kappa shape index (κ3) is 5.05. The van der Waals surface area contributed by atoms with Crippen molar-refractivity contribution in [2.45, 2.75) is 31.7 Å². The number of thiophene rings is 1. The monoisotopic (exact) mass is 338 g/mol. The van der Waals surface area contributed by atoms with E-state index in [1.54, 1.807) is 0 Å². The van der Waals surface area contributed by atoms with Crippen molar-refractivity contribution in [1.29, 1.82) is 0 Å². The van der Waals surface area contributed by atoms with Crippen LogP contribution in [0.2, 0.25) is 0 Å². The van der Waals surface area contributed by atoms with E-state index < -0.39 is 0 Å². The van der Waals surface area contributed by atoms with Gasteiger partial charge >= 0.3 is 0 Å². The summed E-state index contributed by atoms with van der Waals surface area (Å²) in [5, 5.41) is 5.56. The van der Waals surface area contributed by atoms with Crippen molar-refractivity contribution in [3.05, 3.63) is 50.9 Å². The zero-order valence-electron chi connectivity index (χ0n) is 11.1. The Bertz CT molecular complexity index is 485. The van der Waals surface area contributed by atoms with Gasteiger partial charge in [-0.15, -0.1) is 11.3 Å². The molecule has 1 unspecified atom stereocenters. The molecule has 102 valence electrons. The molecule has 2 aromatic rings. The summed E-state index contributed by atoms with van der Waals surface area (Å²) >= 11 is 5.32. The number of rotatable bonds is 7. The fourth-order valence-electron chi connectivity index (χ4n) is 2.18. The molecule has 4 heteroatoms. The highest BCUT2D eigenvalue weighted by atomic mass is 79.9. The van der Waals surface area contributed by atoms with Crippen LogP contribution in [0.4, 0.5) is 0 Å². The Balaban J connectivity index is 1.80. The Morgan fingerprint density at radius 1 is 1.42 bits per heavy atom. The molecule has 0 saturated carbocycles. The van der Waals surface area contributed by atoms with Gasteiger partial charge in [0.25, 0.3) is 0 Å². The van der Waals surface area contributed by atoms with E-state index >= 15 is 0 Å². The predicted molar refractivity (Wildman–Crippen MR) is 85.7 cm³/mol. The van der Waals surface area contributed by atoms with Gasteiger partial charge in [-0.05, 0) is 71.7 Å². The lowest BCUT2D eigenvalue weighted by atomic mass is 10.0. The lowest BCUT2D eigenvalue weighted by molar-refractivity contribution is 0.502. The van der Waals surface area contributed by atoms with E-state index in [1.807, 2.05) is 30.8 Å². The maximum absolute atomic E-state index is 4.22. The van der Waals surface area contributed by atoms with E-state index in [2.05, 4.69) is 49.8 Å². The summed E-state index contributed by atoms with van der Waals surface area (Å²) in [6, 6.07) is 7.02. The van der Waals surface area contributed by atoms with Crippen LogP contribution in [0.3, 0.4) is 0 Å². The van der Waals surface area contributed by atoms with Gasteiger partial charge in [0, 0.05) is 27.8 Å². The van der Waals surface area contributed by atoms with Gasteiger partial charge < -0.3 is 5.32 Å². The number of nitrogens with one attached hydrogen (secondary N) is 1. The minimum Gasteiger partial charge on any atom is -0.317 e.